The molecule has 0 bridgehead atoms. The number of methoxy groups -OCH3 is 1. The Kier molecular flexibility index (Phi) is 5.21. The lowest BCUT2D eigenvalue weighted by Crippen LogP contribution is -2.45. The van der Waals surface area contributed by atoms with Crippen molar-refractivity contribution in [1.29, 1.82) is 0 Å². The van der Waals surface area contributed by atoms with Crippen molar-refractivity contribution in [2.75, 3.05) is 25.6 Å². The number of hydrogen-bond donors (Lipinski definition) is 2. The fourth-order valence-corrected chi connectivity index (χ4v) is 5.49. The highest BCUT2D eigenvalue weighted by Gasteiger charge is 2.45. The predicted octanol–water partition coefficient (Wildman–Crippen LogP) is 4.01. The van der Waals surface area contributed by atoms with Gasteiger partial charge in [0.05, 0.1) is 7.11 Å². The molecule has 3 aliphatic rings. The van der Waals surface area contributed by atoms with E-state index in [1.54, 1.807) is 7.11 Å². The number of rotatable bonds is 5. The third kappa shape index (κ3) is 3.29. The maximum atomic E-state index is 12.7. The van der Waals surface area contributed by atoms with Gasteiger partial charge < -0.3 is 20.3 Å². The zero-order valence-electron chi connectivity index (χ0n) is 17.5. The fraction of sp³-hybridized carbons (Fsp3) is 0.458. The minimum Gasteiger partial charge on any atom is -0.496 e. The Morgan fingerprint density at radius 3 is 2.77 bits per heavy atom. The predicted molar refractivity (Wildman–Crippen MR) is 119 cm³/mol. The third-order valence-corrected chi connectivity index (χ3v) is 7.33. The second kappa shape index (κ2) is 7.88. The molecule has 0 radical (unpaired) electrons. The Hall–Kier alpha value is -2.08. The summed E-state index contributed by atoms with van der Waals surface area (Å²) in [6.07, 6.45) is 3.14. The number of halogens is 1. The van der Waals surface area contributed by atoms with Gasteiger partial charge >= 0.3 is 0 Å². The fourth-order valence-electron chi connectivity index (χ4n) is 5.29. The van der Waals surface area contributed by atoms with Crippen molar-refractivity contribution in [2.45, 2.75) is 43.8 Å². The molecule has 2 N–H and O–H groups in total. The summed E-state index contributed by atoms with van der Waals surface area (Å²) in [7, 11) is 3.63. The Bertz CT molecular complexity index is 979. The zero-order chi connectivity index (χ0) is 20.8. The van der Waals surface area contributed by atoms with Gasteiger partial charge in [0.25, 0.3) is 0 Å². The highest BCUT2D eigenvalue weighted by atomic mass is 35.5. The molecule has 1 saturated carbocycles. The van der Waals surface area contributed by atoms with E-state index in [1.807, 2.05) is 30.1 Å². The van der Waals surface area contributed by atoms with Crippen LogP contribution in [0.3, 0.4) is 0 Å². The number of nitrogens with zero attached hydrogens (tertiary/aromatic N) is 1. The van der Waals surface area contributed by atoms with Gasteiger partial charge in [0.2, 0.25) is 5.91 Å². The number of nitrogens with one attached hydrogen (secondary N) is 2. The largest absolute Gasteiger partial charge is 0.496 e. The smallest absolute Gasteiger partial charge is 0.230 e. The molecule has 158 valence electrons. The van der Waals surface area contributed by atoms with E-state index in [4.69, 9.17) is 16.3 Å². The first kappa shape index (κ1) is 19.9. The van der Waals surface area contributed by atoms with Gasteiger partial charge in [0.1, 0.15) is 5.75 Å². The van der Waals surface area contributed by atoms with Crippen LogP contribution < -0.4 is 20.3 Å². The molecule has 2 fully saturated rings. The van der Waals surface area contributed by atoms with E-state index in [9.17, 15) is 4.79 Å². The summed E-state index contributed by atoms with van der Waals surface area (Å²) < 4.78 is 5.75. The molecule has 6 heteroatoms. The number of carbonyl (C=O) groups excluding carboxylic acids is 1. The third-order valence-electron chi connectivity index (χ3n) is 7.10. The first-order chi connectivity index (χ1) is 14.6. The van der Waals surface area contributed by atoms with Crippen molar-refractivity contribution < 1.29 is 9.53 Å². The highest BCUT2D eigenvalue weighted by Crippen LogP contribution is 2.51. The van der Waals surface area contributed by atoms with Crippen LogP contribution in [0.2, 0.25) is 5.02 Å². The monoisotopic (exact) mass is 425 g/mol. The summed E-state index contributed by atoms with van der Waals surface area (Å²) in [5.74, 6) is 1.66. The van der Waals surface area contributed by atoms with Crippen molar-refractivity contribution in [2.24, 2.45) is 5.92 Å². The molecule has 0 spiro atoms. The van der Waals surface area contributed by atoms with E-state index in [1.165, 1.54) is 11.1 Å². The number of carbonyl (C=O) groups is 1. The molecule has 5 nitrogen and oxygen atoms in total. The van der Waals surface area contributed by atoms with Gasteiger partial charge in [-0.3, -0.25) is 4.79 Å². The molecule has 0 unspecified atom stereocenters. The van der Waals surface area contributed by atoms with Crippen molar-refractivity contribution in [3.8, 4) is 5.75 Å². The summed E-state index contributed by atoms with van der Waals surface area (Å²) >= 11 is 6.21. The van der Waals surface area contributed by atoms with Crippen LogP contribution in [0.1, 0.15) is 47.9 Å². The van der Waals surface area contributed by atoms with Crippen LogP contribution in [0.4, 0.5) is 5.69 Å². The Labute approximate surface area is 182 Å². The van der Waals surface area contributed by atoms with Crippen molar-refractivity contribution in [3.05, 3.63) is 58.1 Å². The van der Waals surface area contributed by atoms with Crippen molar-refractivity contribution in [3.63, 3.8) is 0 Å². The summed E-state index contributed by atoms with van der Waals surface area (Å²) in [4.78, 5) is 14.5. The van der Waals surface area contributed by atoms with Crippen molar-refractivity contribution in [1.82, 2.24) is 10.6 Å². The number of ether oxygens (including phenoxy) is 1. The van der Waals surface area contributed by atoms with E-state index in [0.717, 1.165) is 47.8 Å². The molecule has 1 amide bonds. The second-order valence-electron chi connectivity index (χ2n) is 8.67. The minimum atomic E-state index is 0.152. The first-order valence-corrected chi connectivity index (χ1v) is 11.1. The van der Waals surface area contributed by atoms with Gasteiger partial charge in [-0.05, 0) is 67.1 Å². The standard InChI is InChI=1S/C24H28ClN3O2/c1-28-21-11-15(22(30-2)12-19(21)17-6-7-18(17)24(28)29)13-27-20-8-9-26-23(20)14-4-3-5-16(25)10-14/h3-5,10-12,17-18,20,23,26-27H,6-9,13H2,1-2H3/t17-,18+,20-,23-/m0/s1. The number of anilines is 1. The lowest BCUT2D eigenvalue weighted by atomic mass is 9.66. The van der Waals surface area contributed by atoms with Gasteiger partial charge in [0.15, 0.2) is 0 Å². The normalized spacial score (nSPS) is 27.4. The summed E-state index contributed by atoms with van der Waals surface area (Å²) in [5, 5.41) is 8.07. The molecular formula is C24H28ClN3O2. The van der Waals surface area contributed by atoms with Crippen LogP contribution >= 0.6 is 11.6 Å². The summed E-state index contributed by atoms with van der Waals surface area (Å²) in [6, 6.07) is 12.9. The van der Waals surface area contributed by atoms with Gasteiger partial charge in [-0.25, -0.2) is 0 Å². The van der Waals surface area contributed by atoms with E-state index in [-0.39, 0.29) is 17.9 Å². The molecule has 30 heavy (non-hydrogen) atoms. The van der Waals surface area contributed by atoms with E-state index in [0.29, 0.717) is 18.5 Å². The average Bonchev–Trinajstić information content (AvgIpc) is 3.19. The number of amides is 1. The Morgan fingerprint density at radius 1 is 1.20 bits per heavy atom. The molecule has 1 saturated heterocycles. The van der Waals surface area contributed by atoms with Crippen LogP contribution in [0, 0.1) is 5.92 Å². The molecule has 2 aromatic rings. The van der Waals surface area contributed by atoms with Crippen LogP contribution in [-0.2, 0) is 11.3 Å². The molecule has 4 atom stereocenters. The maximum absolute atomic E-state index is 12.7. The zero-order valence-corrected chi connectivity index (χ0v) is 18.2. The van der Waals surface area contributed by atoms with Gasteiger partial charge in [-0.2, -0.15) is 0 Å². The SMILES string of the molecule is COc1cc2c(cc1CN[C@H]1CCN[C@H]1c1cccc(Cl)c1)N(C)C(=O)[C@@H]1CC[C@H]21. The number of hydrogen-bond acceptors (Lipinski definition) is 4. The molecule has 2 heterocycles. The molecule has 1 aliphatic carbocycles. The maximum Gasteiger partial charge on any atom is 0.230 e. The molecule has 0 aromatic heterocycles. The van der Waals surface area contributed by atoms with Crippen LogP contribution in [0.5, 0.6) is 5.75 Å². The second-order valence-corrected chi connectivity index (χ2v) is 9.11. The van der Waals surface area contributed by atoms with E-state index < -0.39 is 0 Å². The van der Waals surface area contributed by atoms with E-state index in [2.05, 4.69) is 28.8 Å². The average molecular weight is 426 g/mol. The van der Waals surface area contributed by atoms with Crippen LogP contribution in [0.15, 0.2) is 36.4 Å². The first-order valence-electron chi connectivity index (χ1n) is 10.8. The number of fused-ring (bicyclic) bond motifs is 3. The summed E-state index contributed by atoms with van der Waals surface area (Å²) in [6.45, 7) is 1.66. The number of benzene rings is 2. The Morgan fingerprint density at radius 2 is 2.03 bits per heavy atom. The molecule has 5 rings (SSSR count). The molecule has 2 aromatic carbocycles. The summed E-state index contributed by atoms with van der Waals surface area (Å²) in [5.41, 5.74) is 4.59. The lowest BCUT2D eigenvalue weighted by molar-refractivity contribution is -0.126. The highest BCUT2D eigenvalue weighted by molar-refractivity contribution is 6.30. The quantitative estimate of drug-likeness (QED) is 0.759. The van der Waals surface area contributed by atoms with Gasteiger partial charge in [-0.15, -0.1) is 0 Å². The van der Waals surface area contributed by atoms with E-state index >= 15 is 0 Å². The minimum absolute atomic E-state index is 0.152. The molecule has 2 aliphatic heterocycles. The Balaban J connectivity index is 1.38. The van der Waals surface area contributed by atoms with Crippen molar-refractivity contribution >= 4 is 23.2 Å². The van der Waals surface area contributed by atoms with Crippen LogP contribution in [0.25, 0.3) is 0 Å². The van der Waals surface area contributed by atoms with Crippen LogP contribution in [-0.4, -0.2) is 32.7 Å². The topological polar surface area (TPSA) is 53.6 Å². The van der Waals surface area contributed by atoms with Gasteiger partial charge in [-0.1, -0.05) is 23.7 Å². The molecular weight excluding hydrogens is 398 g/mol. The van der Waals surface area contributed by atoms with Gasteiger partial charge in [0, 0.05) is 47.9 Å². The lowest BCUT2D eigenvalue weighted by Gasteiger charge is -2.44.